The molecule has 0 aliphatic carbocycles. The van der Waals surface area contributed by atoms with Crippen LogP contribution < -0.4 is 16.0 Å². The normalized spacial score (nSPS) is 16.2. The predicted molar refractivity (Wildman–Crippen MR) is 114 cm³/mol. The molecular formula is C23H28N4O3. The first-order valence-corrected chi connectivity index (χ1v) is 10.4. The minimum absolute atomic E-state index is 0.0846. The van der Waals surface area contributed by atoms with Crippen LogP contribution in [0.5, 0.6) is 0 Å². The second-order valence-corrected chi connectivity index (χ2v) is 7.50. The summed E-state index contributed by atoms with van der Waals surface area (Å²) in [6, 6.07) is 13.0. The first-order chi connectivity index (χ1) is 14.6. The Labute approximate surface area is 176 Å². The lowest BCUT2D eigenvalue weighted by atomic mass is 9.92. The molecule has 3 N–H and O–H groups in total. The Morgan fingerprint density at radius 2 is 1.97 bits per heavy atom. The molecule has 0 spiro atoms. The largest absolute Gasteiger partial charge is 0.354 e. The summed E-state index contributed by atoms with van der Waals surface area (Å²) in [7, 11) is 1.54. The van der Waals surface area contributed by atoms with E-state index in [2.05, 4.69) is 20.9 Å². The third-order valence-corrected chi connectivity index (χ3v) is 5.27. The topological polar surface area (TPSA) is 100 Å². The van der Waals surface area contributed by atoms with Gasteiger partial charge in [-0.2, -0.15) is 0 Å². The number of carbonyl (C=O) groups is 3. The zero-order valence-corrected chi connectivity index (χ0v) is 17.2. The monoisotopic (exact) mass is 408 g/mol. The zero-order valence-electron chi connectivity index (χ0n) is 17.2. The van der Waals surface area contributed by atoms with E-state index in [0.29, 0.717) is 30.8 Å². The van der Waals surface area contributed by atoms with E-state index in [-0.39, 0.29) is 29.2 Å². The van der Waals surface area contributed by atoms with Crippen molar-refractivity contribution in [1.29, 1.82) is 0 Å². The van der Waals surface area contributed by atoms with Gasteiger partial charge in [0.25, 0.3) is 11.8 Å². The van der Waals surface area contributed by atoms with Crippen LogP contribution in [-0.2, 0) is 11.2 Å². The number of amides is 2. The highest BCUT2D eigenvalue weighted by Crippen LogP contribution is 2.15. The van der Waals surface area contributed by atoms with E-state index in [9.17, 15) is 14.4 Å². The van der Waals surface area contributed by atoms with E-state index < -0.39 is 0 Å². The summed E-state index contributed by atoms with van der Waals surface area (Å²) in [5, 5.41) is 8.54. The highest BCUT2D eigenvalue weighted by Gasteiger charge is 2.21. The maximum absolute atomic E-state index is 12.7. The molecule has 2 aromatic rings. The number of benzene rings is 1. The number of hydrogen-bond acceptors (Lipinski definition) is 5. The standard InChI is InChI=1S/C23H28N4O3/c1-24-23(30)20-14-18(13-19(27-20)12-16-6-3-2-4-7-16)22(29)26-10-5-8-17-9-11-25-15-21(17)28/h2-4,6-7,13-14,17,25H,5,8-12,15H2,1H3,(H,24,30)(H,26,29). The minimum Gasteiger partial charge on any atom is -0.354 e. The van der Waals surface area contributed by atoms with Crippen molar-refractivity contribution in [2.24, 2.45) is 5.92 Å². The van der Waals surface area contributed by atoms with Gasteiger partial charge >= 0.3 is 0 Å². The van der Waals surface area contributed by atoms with Crippen molar-refractivity contribution >= 4 is 17.6 Å². The van der Waals surface area contributed by atoms with Crippen molar-refractivity contribution in [3.8, 4) is 0 Å². The molecule has 1 aliphatic heterocycles. The van der Waals surface area contributed by atoms with Gasteiger partial charge in [-0.05, 0) is 43.5 Å². The molecular weight excluding hydrogens is 380 g/mol. The van der Waals surface area contributed by atoms with Gasteiger partial charge in [0.2, 0.25) is 0 Å². The number of nitrogens with zero attached hydrogens (tertiary/aromatic N) is 1. The maximum atomic E-state index is 12.7. The zero-order chi connectivity index (χ0) is 21.3. The minimum atomic E-state index is -0.330. The Hall–Kier alpha value is -3.06. The summed E-state index contributed by atoms with van der Waals surface area (Å²) < 4.78 is 0. The lowest BCUT2D eigenvalue weighted by Crippen LogP contribution is -2.37. The molecule has 7 nitrogen and oxygen atoms in total. The van der Waals surface area contributed by atoms with E-state index in [1.165, 1.54) is 13.1 Å². The van der Waals surface area contributed by atoms with Gasteiger partial charge in [0.05, 0.1) is 6.54 Å². The van der Waals surface area contributed by atoms with Crippen LogP contribution in [0.3, 0.4) is 0 Å². The third kappa shape index (κ3) is 5.97. The number of rotatable bonds is 8. The van der Waals surface area contributed by atoms with Gasteiger partial charge in [0.15, 0.2) is 0 Å². The van der Waals surface area contributed by atoms with Crippen LogP contribution in [0, 0.1) is 5.92 Å². The summed E-state index contributed by atoms with van der Waals surface area (Å²) in [6.45, 7) is 1.80. The van der Waals surface area contributed by atoms with E-state index in [4.69, 9.17) is 0 Å². The van der Waals surface area contributed by atoms with Crippen LogP contribution in [-0.4, -0.2) is 49.3 Å². The lowest BCUT2D eigenvalue weighted by molar-refractivity contribution is -0.123. The molecule has 1 aliphatic rings. The summed E-state index contributed by atoms with van der Waals surface area (Å²) in [4.78, 5) is 41.1. The number of aromatic nitrogens is 1. The van der Waals surface area contributed by atoms with Crippen LogP contribution in [0.15, 0.2) is 42.5 Å². The fraction of sp³-hybridized carbons (Fsp3) is 0.391. The number of pyridine rings is 1. The Morgan fingerprint density at radius 3 is 2.70 bits per heavy atom. The third-order valence-electron chi connectivity index (χ3n) is 5.27. The fourth-order valence-electron chi connectivity index (χ4n) is 3.61. The number of Topliss-reactive ketones (excluding diaryl/α,β-unsaturated/α-hetero) is 1. The molecule has 1 unspecified atom stereocenters. The van der Waals surface area contributed by atoms with Crippen LogP contribution in [0.25, 0.3) is 0 Å². The molecule has 3 rings (SSSR count). The Kier molecular flexibility index (Phi) is 7.68. The van der Waals surface area contributed by atoms with Crippen LogP contribution >= 0.6 is 0 Å². The molecule has 2 amide bonds. The molecule has 1 fully saturated rings. The van der Waals surface area contributed by atoms with E-state index in [1.54, 1.807) is 6.07 Å². The van der Waals surface area contributed by atoms with Crippen molar-refractivity contribution in [3.05, 3.63) is 65.0 Å². The van der Waals surface area contributed by atoms with Crippen LogP contribution in [0.2, 0.25) is 0 Å². The number of carbonyl (C=O) groups excluding carboxylic acids is 3. The van der Waals surface area contributed by atoms with Crippen molar-refractivity contribution < 1.29 is 14.4 Å². The van der Waals surface area contributed by atoms with Crippen LogP contribution in [0.4, 0.5) is 0 Å². The highest BCUT2D eigenvalue weighted by molar-refractivity contribution is 5.98. The molecule has 0 bridgehead atoms. The second-order valence-electron chi connectivity index (χ2n) is 7.50. The lowest BCUT2D eigenvalue weighted by Gasteiger charge is -2.21. The Bertz CT molecular complexity index is 899. The molecule has 0 saturated carbocycles. The van der Waals surface area contributed by atoms with Gasteiger partial charge in [0, 0.05) is 37.2 Å². The van der Waals surface area contributed by atoms with Gasteiger partial charge in [-0.3, -0.25) is 14.4 Å². The van der Waals surface area contributed by atoms with Crippen LogP contribution in [0.1, 0.15) is 51.4 Å². The molecule has 7 heteroatoms. The van der Waals surface area contributed by atoms with Crippen molar-refractivity contribution in [2.75, 3.05) is 26.7 Å². The summed E-state index contributed by atoms with van der Waals surface area (Å²) in [5.74, 6) is -0.235. The van der Waals surface area contributed by atoms with E-state index in [1.807, 2.05) is 30.3 Å². The fourth-order valence-corrected chi connectivity index (χ4v) is 3.61. The molecule has 1 saturated heterocycles. The van der Waals surface area contributed by atoms with Gasteiger partial charge in [-0.25, -0.2) is 4.98 Å². The van der Waals surface area contributed by atoms with Gasteiger partial charge in [-0.1, -0.05) is 30.3 Å². The number of hydrogen-bond donors (Lipinski definition) is 3. The molecule has 1 atom stereocenters. The molecule has 1 aromatic carbocycles. The quantitative estimate of drug-likeness (QED) is 0.578. The first kappa shape index (κ1) is 21.6. The molecule has 1 aromatic heterocycles. The van der Waals surface area contributed by atoms with Gasteiger partial charge < -0.3 is 16.0 Å². The smallest absolute Gasteiger partial charge is 0.269 e. The molecule has 158 valence electrons. The van der Waals surface area contributed by atoms with Crippen molar-refractivity contribution in [3.63, 3.8) is 0 Å². The Balaban J connectivity index is 1.63. The summed E-state index contributed by atoms with van der Waals surface area (Å²) >= 11 is 0. The van der Waals surface area contributed by atoms with Crippen molar-refractivity contribution in [2.45, 2.75) is 25.7 Å². The average molecular weight is 409 g/mol. The highest BCUT2D eigenvalue weighted by atomic mass is 16.2. The van der Waals surface area contributed by atoms with E-state index in [0.717, 1.165) is 31.4 Å². The predicted octanol–water partition coefficient (Wildman–Crippen LogP) is 1.72. The summed E-state index contributed by atoms with van der Waals surface area (Å²) in [6.07, 6.45) is 2.91. The molecule has 2 heterocycles. The number of ketones is 1. The van der Waals surface area contributed by atoms with Gasteiger partial charge in [0.1, 0.15) is 11.5 Å². The second kappa shape index (κ2) is 10.6. The van der Waals surface area contributed by atoms with Gasteiger partial charge in [-0.15, -0.1) is 0 Å². The number of nitrogens with one attached hydrogen (secondary N) is 3. The summed E-state index contributed by atoms with van der Waals surface area (Å²) in [5.41, 5.74) is 2.34. The van der Waals surface area contributed by atoms with E-state index >= 15 is 0 Å². The Morgan fingerprint density at radius 1 is 1.17 bits per heavy atom. The SMILES string of the molecule is CNC(=O)c1cc(C(=O)NCCCC2CCNCC2=O)cc(Cc2ccccc2)n1. The van der Waals surface area contributed by atoms with Crippen molar-refractivity contribution in [1.82, 2.24) is 20.9 Å². The molecule has 0 radical (unpaired) electrons. The molecule has 30 heavy (non-hydrogen) atoms. The number of piperidine rings is 1. The maximum Gasteiger partial charge on any atom is 0.269 e. The average Bonchev–Trinajstić information content (AvgIpc) is 2.77. The first-order valence-electron chi connectivity index (χ1n) is 10.4.